The summed E-state index contributed by atoms with van der Waals surface area (Å²) in [5.74, 6) is -0.888. The Labute approximate surface area is 96.7 Å². The van der Waals surface area contributed by atoms with Crippen molar-refractivity contribution in [2.75, 3.05) is 13.8 Å². The molecular weight excluding hydrogens is 227 g/mol. The first-order chi connectivity index (χ1) is 8.22. The lowest BCUT2D eigenvalue weighted by atomic mass is 10.2. The molecule has 6 heteroatoms. The molecule has 90 valence electrons. The van der Waals surface area contributed by atoms with Gasteiger partial charge in [-0.1, -0.05) is 0 Å². The first-order valence-electron chi connectivity index (χ1n) is 4.94. The number of halogens is 1. The fraction of sp³-hybridized carbons (Fsp3) is 0.182. The highest BCUT2D eigenvalue weighted by Gasteiger charge is 2.12. The number of esters is 1. The number of ether oxygens (including phenoxy) is 1. The number of aromatic nitrogens is 1. The van der Waals surface area contributed by atoms with Crippen LogP contribution in [0.5, 0.6) is 0 Å². The zero-order valence-electron chi connectivity index (χ0n) is 9.14. The van der Waals surface area contributed by atoms with Crippen molar-refractivity contribution in [3.05, 3.63) is 42.0 Å². The van der Waals surface area contributed by atoms with Gasteiger partial charge in [0, 0.05) is 19.4 Å². The molecule has 0 spiro atoms. The van der Waals surface area contributed by atoms with Crippen molar-refractivity contribution in [3.8, 4) is 0 Å². The van der Waals surface area contributed by atoms with Gasteiger partial charge in [-0.05, 0) is 18.2 Å². The number of carbonyl (C=O) groups is 1. The van der Waals surface area contributed by atoms with Crippen molar-refractivity contribution in [3.63, 3.8) is 0 Å². The average Bonchev–Trinajstić information content (AvgIpc) is 2.72. The Bertz CT molecular complexity index is 538. The first-order valence-corrected chi connectivity index (χ1v) is 4.94. The van der Waals surface area contributed by atoms with E-state index in [0.29, 0.717) is 11.1 Å². The molecule has 17 heavy (non-hydrogen) atoms. The van der Waals surface area contributed by atoms with Crippen molar-refractivity contribution in [1.29, 1.82) is 0 Å². The Morgan fingerprint density at radius 2 is 2.29 bits per heavy atom. The minimum Gasteiger partial charge on any atom is -0.433 e. The van der Waals surface area contributed by atoms with Gasteiger partial charge in [-0.25, -0.2) is 14.7 Å². The molecule has 0 saturated heterocycles. The number of hydroxylamine groups is 1. The summed E-state index contributed by atoms with van der Waals surface area (Å²) < 4.78 is 19.3. The number of nitrogens with one attached hydrogen (secondary N) is 1. The molecule has 0 aromatic carbocycles. The summed E-state index contributed by atoms with van der Waals surface area (Å²) in [5, 5.41) is 0. The molecule has 0 bridgehead atoms. The molecule has 2 rings (SSSR count). The van der Waals surface area contributed by atoms with E-state index >= 15 is 0 Å². The second-order valence-electron chi connectivity index (χ2n) is 3.27. The van der Waals surface area contributed by atoms with Crippen LogP contribution in [0.2, 0.25) is 0 Å². The largest absolute Gasteiger partial charge is 0.433 e. The lowest BCUT2D eigenvalue weighted by Gasteiger charge is -2.03. The predicted octanol–water partition coefficient (Wildman–Crippen LogP) is 1.34. The van der Waals surface area contributed by atoms with Crippen LogP contribution in [-0.4, -0.2) is 24.2 Å². The van der Waals surface area contributed by atoms with Gasteiger partial charge in [0.1, 0.15) is 5.82 Å². The van der Waals surface area contributed by atoms with E-state index in [1.165, 1.54) is 22.7 Å². The smallest absolute Gasteiger partial charge is 0.342 e. The van der Waals surface area contributed by atoms with Crippen molar-refractivity contribution in [2.24, 2.45) is 0 Å². The van der Waals surface area contributed by atoms with Crippen LogP contribution in [-0.2, 0) is 9.57 Å². The molecule has 0 atom stereocenters. The van der Waals surface area contributed by atoms with Gasteiger partial charge >= 0.3 is 5.97 Å². The van der Waals surface area contributed by atoms with Crippen molar-refractivity contribution >= 4 is 11.5 Å². The van der Waals surface area contributed by atoms with E-state index in [1.54, 1.807) is 19.3 Å². The normalized spacial score (nSPS) is 10.7. The van der Waals surface area contributed by atoms with Crippen LogP contribution in [0.3, 0.4) is 0 Å². The Morgan fingerprint density at radius 3 is 3.06 bits per heavy atom. The monoisotopic (exact) mass is 238 g/mol. The molecule has 1 N–H and O–H groups in total. The summed E-state index contributed by atoms with van der Waals surface area (Å²) in [6.45, 7) is -0.187. The summed E-state index contributed by atoms with van der Waals surface area (Å²) in [7, 11) is 1.56. The second-order valence-corrected chi connectivity index (χ2v) is 3.27. The van der Waals surface area contributed by atoms with Gasteiger partial charge in [0.15, 0.2) is 0 Å². The SMILES string of the molecule is CNOCOC(=O)c1ccn2cc(F)ccc12. The number of hydrogen-bond donors (Lipinski definition) is 1. The molecule has 2 aromatic rings. The molecule has 0 aliphatic carbocycles. The highest BCUT2D eigenvalue weighted by molar-refractivity contribution is 5.97. The van der Waals surface area contributed by atoms with Gasteiger partial charge in [-0.3, -0.25) is 4.84 Å². The van der Waals surface area contributed by atoms with E-state index in [4.69, 9.17) is 4.74 Å². The minimum atomic E-state index is -0.519. The zero-order chi connectivity index (χ0) is 12.3. The van der Waals surface area contributed by atoms with E-state index < -0.39 is 5.97 Å². The maximum atomic E-state index is 12.9. The van der Waals surface area contributed by atoms with Gasteiger partial charge in [-0.2, -0.15) is 0 Å². The number of fused-ring (bicyclic) bond motifs is 1. The van der Waals surface area contributed by atoms with Gasteiger partial charge < -0.3 is 9.14 Å². The summed E-state index contributed by atoms with van der Waals surface area (Å²) in [6, 6.07) is 4.37. The zero-order valence-corrected chi connectivity index (χ0v) is 9.14. The van der Waals surface area contributed by atoms with E-state index in [0.717, 1.165) is 0 Å². The average molecular weight is 238 g/mol. The number of rotatable bonds is 4. The van der Waals surface area contributed by atoms with Crippen LogP contribution in [0.4, 0.5) is 4.39 Å². The second kappa shape index (κ2) is 4.94. The molecule has 0 aliphatic heterocycles. The standard InChI is InChI=1S/C11H11FN2O3/c1-13-17-7-16-11(15)9-4-5-14-6-8(12)2-3-10(9)14/h2-6,13H,7H2,1H3. The Morgan fingerprint density at radius 1 is 1.47 bits per heavy atom. The first kappa shape index (κ1) is 11.6. The fourth-order valence-corrected chi connectivity index (χ4v) is 1.47. The third kappa shape index (κ3) is 2.43. The Hall–Kier alpha value is -1.92. The lowest BCUT2D eigenvalue weighted by Crippen LogP contribution is -2.14. The van der Waals surface area contributed by atoms with Crippen LogP contribution in [0.1, 0.15) is 10.4 Å². The Kier molecular flexibility index (Phi) is 3.36. The number of hydrogen-bond acceptors (Lipinski definition) is 4. The topological polar surface area (TPSA) is 52.0 Å². The maximum Gasteiger partial charge on any atom is 0.342 e. The van der Waals surface area contributed by atoms with E-state index in [-0.39, 0.29) is 12.6 Å². The van der Waals surface area contributed by atoms with Crippen LogP contribution >= 0.6 is 0 Å². The molecule has 2 aromatic heterocycles. The van der Waals surface area contributed by atoms with Crippen molar-refractivity contribution in [1.82, 2.24) is 9.88 Å². The quantitative estimate of drug-likeness (QED) is 0.378. The lowest BCUT2D eigenvalue weighted by molar-refractivity contribution is -0.0667. The molecule has 0 unspecified atom stereocenters. The molecule has 0 amide bonds. The summed E-state index contributed by atoms with van der Waals surface area (Å²) >= 11 is 0. The molecule has 5 nitrogen and oxygen atoms in total. The summed E-state index contributed by atoms with van der Waals surface area (Å²) in [4.78, 5) is 16.3. The summed E-state index contributed by atoms with van der Waals surface area (Å²) in [5.41, 5.74) is 3.33. The number of nitrogens with zero attached hydrogens (tertiary/aromatic N) is 1. The fourth-order valence-electron chi connectivity index (χ4n) is 1.47. The van der Waals surface area contributed by atoms with Crippen LogP contribution < -0.4 is 5.48 Å². The third-order valence-corrected chi connectivity index (χ3v) is 2.23. The van der Waals surface area contributed by atoms with E-state index in [1.807, 2.05) is 0 Å². The van der Waals surface area contributed by atoms with Gasteiger partial charge in [-0.15, -0.1) is 0 Å². The van der Waals surface area contributed by atoms with E-state index in [9.17, 15) is 9.18 Å². The van der Waals surface area contributed by atoms with E-state index in [2.05, 4.69) is 10.3 Å². The molecule has 0 aliphatic rings. The molecule has 0 fully saturated rings. The van der Waals surface area contributed by atoms with Crippen LogP contribution in [0, 0.1) is 5.82 Å². The maximum absolute atomic E-state index is 12.9. The Balaban J connectivity index is 2.21. The van der Waals surface area contributed by atoms with Gasteiger partial charge in [0.25, 0.3) is 0 Å². The molecule has 0 saturated carbocycles. The molecular formula is C11H11FN2O3. The van der Waals surface area contributed by atoms with Crippen LogP contribution in [0.25, 0.3) is 5.52 Å². The highest BCUT2D eigenvalue weighted by atomic mass is 19.1. The van der Waals surface area contributed by atoms with Gasteiger partial charge in [0.2, 0.25) is 6.79 Å². The van der Waals surface area contributed by atoms with Gasteiger partial charge in [0.05, 0.1) is 11.1 Å². The third-order valence-electron chi connectivity index (χ3n) is 2.23. The molecule has 0 radical (unpaired) electrons. The van der Waals surface area contributed by atoms with Crippen molar-refractivity contribution in [2.45, 2.75) is 0 Å². The van der Waals surface area contributed by atoms with Crippen molar-refractivity contribution < 1.29 is 18.8 Å². The summed E-state index contributed by atoms with van der Waals surface area (Å²) in [6.07, 6.45) is 2.88. The molecule has 2 heterocycles. The number of pyridine rings is 1. The highest BCUT2D eigenvalue weighted by Crippen LogP contribution is 2.14. The predicted molar refractivity (Wildman–Crippen MR) is 57.8 cm³/mol. The number of carbonyl (C=O) groups excluding carboxylic acids is 1. The van der Waals surface area contributed by atoms with Crippen LogP contribution in [0.15, 0.2) is 30.6 Å². The minimum absolute atomic E-state index is 0.187.